The average molecular weight is 209 g/mol. The lowest BCUT2D eigenvalue weighted by Gasteiger charge is -2.17. The molecule has 1 rings (SSSR count). The van der Waals surface area contributed by atoms with Gasteiger partial charge in [0.25, 0.3) is 0 Å². The molecule has 1 heterocycles. The molecule has 2 atom stereocenters. The van der Waals surface area contributed by atoms with Gasteiger partial charge in [-0.2, -0.15) is 0 Å². The van der Waals surface area contributed by atoms with Gasteiger partial charge in [0, 0.05) is 30.9 Å². The molecule has 3 nitrogen and oxygen atoms in total. The molecule has 1 aromatic heterocycles. The van der Waals surface area contributed by atoms with Gasteiger partial charge in [0.2, 0.25) is 0 Å². The van der Waals surface area contributed by atoms with Crippen molar-refractivity contribution < 1.29 is 0 Å². The molecule has 0 aromatic carbocycles. The second-order valence-corrected chi connectivity index (χ2v) is 4.31. The van der Waals surface area contributed by atoms with Crippen LogP contribution in [0.5, 0.6) is 0 Å². The van der Waals surface area contributed by atoms with Crippen molar-refractivity contribution in [2.75, 3.05) is 7.05 Å². The molecule has 0 spiro atoms. The van der Waals surface area contributed by atoms with E-state index in [-0.39, 0.29) is 0 Å². The van der Waals surface area contributed by atoms with Gasteiger partial charge in [-0.3, -0.25) is 0 Å². The van der Waals surface area contributed by atoms with Crippen molar-refractivity contribution in [1.82, 2.24) is 14.9 Å². The van der Waals surface area contributed by atoms with Crippen molar-refractivity contribution >= 4 is 0 Å². The van der Waals surface area contributed by atoms with Crippen molar-refractivity contribution in [3.63, 3.8) is 0 Å². The Kier molecular flexibility index (Phi) is 4.82. The number of nitrogens with one attached hydrogen (secondary N) is 1. The molecule has 0 bridgehead atoms. The van der Waals surface area contributed by atoms with Gasteiger partial charge in [-0.1, -0.05) is 13.8 Å². The Labute approximate surface area is 92.9 Å². The summed E-state index contributed by atoms with van der Waals surface area (Å²) in [6.07, 6.45) is 6.29. The van der Waals surface area contributed by atoms with Gasteiger partial charge in [0.15, 0.2) is 0 Å². The number of nitrogens with zero attached hydrogens (tertiary/aromatic N) is 2. The van der Waals surface area contributed by atoms with Gasteiger partial charge in [-0.25, -0.2) is 4.98 Å². The third-order valence-electron chi connectivity index (χ3n) is 2.85. The molecular weight excluding hydrogens is 186 g/mol. The first-order valence-electron chi connectivity index (χ1n) is 5.87. The Hall–Kier alpha value is -0.830. The first kappa shape index (κ1) is 12.2. The minimum atomic E-state index is 0.522. The van der Waals surface area contributed by atoms with Crippen LogP contribution in [0.3, 0.4) is 0 Å². The molecular formula is C12H23N3. The standard InChI is InChI=1S/C12H23N3/c1-5-7-15-8-6-14-12(15)10(2)9-11(3)13-4/h6,8,10-11,13H,5,7,9H2,1-4H3. The largest absolute Gasteiger partial charge is 0.335 e. The van der Waals surface area contributed by atoms with E-state index >= 15 is 0 Å². The Morgan fingerprint density at radius 1 is 1.47 bits per heavy atom. The minimum Gasteiger partial charge on any atom is -0.335 e. The van der Waals surface area contributed by atoms with E-state index < -0.39 is 0 Å². The summed E-state index contributed by atoms with van der Waals surface area (Å²) >= 11 is 0. The highest BCUT2D eigenvalue weighted by molar-refractivity contribution is 4.99. The fourth-order valence-electron chi connectivity index (χ4n) is 1.93. The van der Waals surface area contributed by atoms with Gasteiger partial charge in [-0.15, -0.1) is 0 Å². The zero-order valence-corrected chi connectivity index (χ0v) is 10.3. The predicted molar refractivity (Wildman–Crippen MR) is 64.1 cm³/mol. The van der Waals surface area contributed by atoms with Gasteiger partial charge in [-0.05, 0) is 26.8 Å². The Bertz CT molecular complexity index is 280. The van der Waals surface area contributed by atoms with E-state index in [9.17, 15) is 0 Å². The quantitative estimate of drug-likeness (QED) is 0.779. The van der Waals surface area contributed by atoms with E-state index in [2.05, 4.69) is 41.8 Å². The lowest BCUT2D eigenvalue weighted by molar-refractivity contribution is 0.484. The molecule has 0 aliphatic rings. The third-order valence-corrected chi connectivity index (χ3v) is 2.85. The molecule has 0 amide bonds. The molecule has 1 N–H and O–H groups in total. The van der Waals surface area contributed by atoms with E-state index in [1.54, 1.807) is 0 Å². The number of aryl methyl sites for hydroxylation is 1. The Balaban J connectivity index is 2.63. The van der Waals surface area contributed by atoms with Crippen LogP contribution >= 0.6 is 0 Å². The van der Waals surface area contributed by atoms with Crippen LogP contribution in [-0.4, -0.2) is 22.6 Å². The molecule has 2 unspecified atom stereocenters. The molecule has 0 fully saturated rings. The fraction of sp³-hybridized carbons (Fsp3) is 0.750. The van der Waals surface area contributed by atoms with Crippen LogP contribution in [0.25, 0.3) is 0 Å². The highest BCUT2D eigenvalue weighted by Crippen LogP contribution is 2.19. The maximum absolute atomic E-state index is 4.46. The van der Waals surface area contributed by atoms with Crippen LogP contribution in [0.1, 0.15) is 45.4 Å². The summed E-state index contributed by atoms with van der Waals surface area (Å²) in [5.74, 6) is 1.74. The van der Waals surface area contributed by atoms with Gasteiger partial charge < -0.3 is 9.88 Å². The monoisotopic (exact) mass is 209 g/mol. The second kappa shape index (κ2) is 5.91. The predicted octanol–water partition coefficient (Wildman–Crippen LogP) is 2.39. The van der Waals surface area contributed by atoms with E-state index in [0.717, 1.165) is 19.4 Å². The van der Waals surface area contributed by atoms with Crippen LogP contribution < -0.4 is 5.32 Å². The van der Waals surface area contributed by atoms with Crippen LogP contribution in [0.2, 0.25) is 0 Å². The van der Waals surface area contributed by atoms with E-state index in [1.165, 1.54) is 5.82 Å². The average Bonchev–Trinajstić information content (AvgIpc) is 2.66. The maximum atomic E-state index is 4.46. The fourth-order valence-corrected chi connectivity index (χ4v) is 1.93. The zero-order valence-electron chi connectivity index (χ0n) is 10.3. The topological polar surface area (TPSA) is 29.9 Å². The van der Waals surface area contributed by atoms with Crippen molar-refractivity contribution in [3.8, 4) is 0 Å². The number of aromatic nitrogens is 2. The highest BCUT2D eigenvalue weighted by Gasteiger charge is 2.13. The first-order valence-corrected chi connectivity index (χ1v) is 5.87. The third kappa shape index (κ3) is 3.34. The van der Waals surface area contributed by atoms with E-state index in [1.807, 2.05) is 13.2 Å². The second-order valence-electron chi connectivity index (χ2n) is 4.31. The summed E-state index contributed by atoms with van der Waals surface area (Å²) in [7, 11) is 2.01. The smallest absolute Gasteiger partial charge is 0.111 e. The number of rotatable bonds is 6. The van der Waals surface area contributed by atoms with Crippen molar-refractivity contribution in [2.45, 2.75) is 52.1 Å². The molecule has 0 aliphatic carbocycles. The lowest BCUT2D eigenvalue weighted by atomic mass is 10.0. The molecule has 86 valence electrons. The lowest BCUT2D eigenvalue weighted by Crippen LogP contribution is -2.24. The zero-order chi connectivity index (χ0) is 11.3. The van der Waals surface area contributed by atoms with Crippen molar-refractivity contribution in [1.29, 1.82) is 0 Å². The van der Waals surface area contributed by atoms with Crippen LogP contribution in [0.15, 0.2) is 12.4 Å². The van der Waals surface area contributed by atoms with Crippen molar-refractivity contribution in [2.24, 2.45) is 0 Å². The number of imidazole rings is 1. The molecule has 3 heteroatoms. The maximum Gasteiger partial charge on any atom is 0.111 e. The summed E-state index contributed by atoms with van der Waals surface area (Å²) in [5.41, 5.74) is 0. The molecule has 0 radical (unpaired) electrons. The van der Waals surface area contributed by atoms with Gasteiger partial charge in [0.05, 0.1) is 0 Å². The molecule has 0 saturated carbocycles. The van der Waals surface area contributed by atoms with Crippen LogP contribution in [-0.2, 0) is 6.54 Å². The SMILES string of the molecule is CCCn1ccnc1C(C)CC(C)NC. The first-order chi connectivity index (χ1) is 7.19. The number of hydrogen-bond acceptors (Lipinski definition) is 2. The normalized spacial score (nSPS) is 15.2. The molecule has 1 aromatic rings. The molecule has 15 heavy (non-hydrogen) atoms. The van der Waals surface area contributed by atoms with Gasteiger partial charge >= 0.3 is 0 Å². The Morgan fingerprint density at radius 3 is 2.80 bits per heavy atom. The highest BCUT2D eigenvalue weighted by atomic mass is 15.1. The Morgan fingerprint density at radius 2 is 2.20 bits per heavy atom. The van der Waals surface area contributed by atoms with Gasteiger partial charge in [0.1, 0.15) is 5.82 Å². The van der Waals surface area contributed by atoms with Crippen molar-refractivity contribution in [3.05, 3.63) is 18.2 Å². The van der Waals surface area contributed by atoms with Crippen LogP contribution in [0.4, 0.5) is 0 Å². The van der Waals surface area contributed by atoms with Crippen LogP contribution in [0, 0.1) is 0 Å². The molecule has 0 saturated heterocycles. The summed E-state index contributed by atoms with van der Waals surface area (Å²) in [6, 6.07) is 0.548. The summed E-state index contributed by atoms with van der Waals surface area (Å²) < 4.78 is 2.27. The minimum absolute atomic E-state index is 0.522. The van der Waals surface area contributed by atoms with E-state index in [4.69, 9.17) is 0 Å². The number of hydrogen-bond donors (Lipinski definition) is 1. The summed E-state index contributed by atoms with van der Waals surface area (Å²) in [6.45, 7) is 7.74. The summed E-state index contributed by atoms with van der Waals surface area (Å²) in [4.78, 5) is 4.46. The molecule has 0 aliphatic heterocycles. The summed E-state index contributed by atoms with van der Waals surface area (Å²) in [5, 5.41) is 3.27. The van der Waals surface area contributed by atoms with E-state index in [0.29, 0.717) is 12.0 Å².